The first-order valence-electron chi connectivity index (χ1n) is 6.20. The molecule has 1 atom stereocenters. The summed E-state index contributed by atoms with van der Waals surface area (Å²) in [5.41, 5.74) is 0. The quantitative estimate of drug-likeness (QED) is 0.728. The van der Waals surface area contributed by atoms with Crippen LogP contribution in [-0.2, 0) is 4.79 Å². The van der Waals surface area contributed by atoms with Crippen molar-refractivity contribution in [2.24, 2.45) is 0 Å². The van der Waals surface area contributed by atoms with Gasteiger partial charge in [-0.25, -0.2) is 0 Å². The Balaban J connectivity index is 2.40. The van der Waals surface area contributed by atoms with E-state index in [1.54, 1.807) is 0 Å². The molecule has 0 aromatic heterocycles. The van der Waals surface area contributed by atoms with E-state index < -0.39 is 0 Å². The first kappa shape index (κ1) is 12.5. The molecule has 1 heterocycles. The maximum Gasteiger partial charge on any atom is 0.239 e. The van der Waals surface area contributed by atoms with Crippen LogP contribution in [-0.4, -0.2) is 36.5 Å². The lowest BCUT2D eigenvalue weighted by Gasteiger charge is -2.21. The molecule has 3 nitrogen and oxygen atoms in total. The van der Waals surface area contributed by atoms with Gasteiger partial charge in [-0.05, 0) is 19.3 Å². The Kier molecular flexibility index (Phi) is 5.09. The van der Waals surface area contributed by atoms with Gasteiger partial charge in [0, 0.05) is 19.6 Å². The molecule has 1 amide bonds. The van der Waals surface area contributed by atoms with Crippen LogP contribution in [0.4, 0.5) is 0 Å². The molecular formula is C12H24N2O. The van der Waals surface area contributed by atoms with E-state index in [-0.39, 0.29) is 11.9 Å². The van der Waals surface area contributed by atoms with Crippen LogP contribution in [0, 0.1) is 0 Å². The highest BCUT2D eigenvalue weighted by Gasteiger charge is 2.29. The number of likely N-dealkylation sites (N-methyl/N-ethyl adjacent to an activating group) is 1. The molecule has 0 radical (unpaired) electrons. The highest BCUT2D eigenvalue weighted by atomic mass is 16.2. The lowest BCUT2D eigenvalue weighted by molar-refractivity contribution is -0.128. The van der Waals surface area contributed by atoms with Gasteiger partial charge >= 0.3 is 0 Å². The van der Waals surface area contributed by atoms with Crippen LogP contribution >= 0.6 is 0 Å². The Morgan fingerprint density at radius 2 is 2.00 bits per heavy atom. The zero-order valence-corrected chi connectivity index (χ0v) is 10.3. The molecule has 1 unspecified atom stereocenters. The molecule has 0 aromatic carbocycles. The summed E-state index contributed by atoms with van der Waals surface area (Å²) in [7, 11) is 1.89. The second kappa shape index (κ2) is 6.11. The predicted octanol–water partition coefficient (Wildman–Crippen LogP) is 1.78. The van der Waals surface area contributed by atoms with Crippen LogP contribution in [0.25, 0.3) is 0 Å². The van der Waals surface area contributed by atoms with Crippen molar-refractivity contribution in [3.8, 4) is 0 Å². The Hall–Kier alpha value is -0.570. The highest BCUT2D eigenvalue weighted by molar-refractivity contribution is 5.83. The largest absolute Gasteiger partial charge is 0.344 e. The second-order valence-electron chi connectivity index (χ2n) is 4.54. The van der Waals surface area contributed by atoms with Crippen molar-refractivity contribution in [1.82, 2.24) is 10.2 Å². The molecule has 1 aliphatic rings. The summed E-state index contributed by atoms with van der Waals surface area (Å²) in [5.74, 6) is 0.271. The van der Waals surface area contributed by atoms with Gasteiger partial charge in [-0.1, -0.05) is 26.7 Å². The zero-order valence-electron chi connectivity index (χ0n) is 10.3. The highest BCUT2D eigenvalue weighted by Crippen LogP contribution is 2.12. The van der Waals surface area contributed by atoms with E-state index in [0.717, 1.165) is 13.0 Å². The number of nitrogens with zero attached hydrogens (tertiary/aromatic N) is 1. The van der Waals surface area contributed by atoms with E-state index >= 15 is 0 Å². The standard InChI is InChI=1S/C12H24N2O/c1-4-6-10(7-5-2)13-11-8-9-14(3)12(11)15/h10-11,13H,4-9H2,1-3H3. The van der Waals surface area contributed by atoms with Crippen molar-refractivity contribution in [3.63, 3.8) is 0 Å². The minimum absolute atomic E-state index is 0.0816. The van der Waals surface area contributed by atoms with E-state index in [1.165, 1.54) is 25.7 Å². The molecule has 0 saturated carbocycles. The molecule has 0 bridgehead atoms. The van der Waals surface area contributed by atoms with Crippen LogP contribution in [0.2, 0.25) is 0 Å². The molecule has 1 saturated heterocycles. The molecule has 1 rings (SSSR count). The van der Waals surface area contributed by atoms with Gasteiger partial charge in [-0.2, -0.15) is 0 Å². The van der Waals surface area contributed by atoms with E-state index in [9.17, 15) is 4.79 Å². The van der Waals surface area contributed by atoms with E-state index in [0.29, 0.717) is 6.04 Å². The number of carbonyl (C=O) groups is 1. The van der Waals surface area contributed by atoms with Crippen LogP contribution in [0.1, 0.15) is 46.0 Å². The molecular weight excluding hydrogens is 188 g/mol. The minimum Gasteiger partial charge on any atom is -0.344 e. The lowest BCUT2D eigenvalue weighted by atomic mass is 10.1. The monoisotopic (exact) mass is 212 g/mol. The predicted molar refractivity (Wildman–Crippen MR) is 62.8 cm³/mol. The maximum atomic E-state index is 11.7. The number of hydrogen-bond acceptors (Lipinski definition) is 2. The smallest absolute Gasteiger partial charge is 0.239 e. The average Bonchev–Trinajstić information content (AvgIpc) is 2.51. The van der Waals surface area contributed by atoms with Gasteiger partial charge in [0.05, 0.1) is 6.04 Å². The number of likely N-dealkylation sites (tertiary alicyclic amines) is 1. The summed E-state index contributed by atoms with van der Waals surface area (Å²) in [6.45, 7) is 5.31. The molecule has 1 fully saturated rings. The van der Waals surface area contributed by atoms with Gasteiger partial charge in [0.2, 0.25) is 5.91 Å². The van der Waals surface area contributed by atoms with Crippen LogP contribution < -0.4 is 5.32 Å². The van der Waals surface area contributed by atoms with Crippen LogP contribution in [0.3, 0.4) is 0 Å². The first-order valence-corrected chi connectivity index (χ1v) is 6.20. The molecule has 15 heavy (non-hydrogen) atoms. The van der Waals surface area contributed by atoms with Gasteiger partial charge in [-0.3, -0.25) is 4.79 Å². The fraction of sp³-hybridized carbons (Fsp3) is 0.917. The summed E-state index contributed by atoms with van der Waals surface area (Å²) in [4.78, 5) is 13.5. The molecule has 0 aliphatic carbocycles. The Morgan fingerprint density at radius 3 is 2.40 bits per heavy atom. The summed E-state index contributed by atoms with van der Waals surface area (Å²) in [6.07, 6.45) is 5.71. The summed E-state index contributed by atoms with van der Waals surface area (Å²) >= 11 is 0. The van der Waals surface area contributed by atoms with Crippen molar-refractivity contribution in [2.45, 2.75) is 58.0 Å². The van der Waals surface area contributed by atoms with Crippen LogP contribution in [0.5, 0.6) is 0 Å². The van der Waals surface area contributed by atoms with Gasteiger partial charge in [0.1, 0.15) is 0 Å². The van der Waals surface area contributed by atoms with Crippen molar-refractivity contribution < 1.29 is 4.79 Å². The van der Waals surface area contributed by atoms with E-state index in [1.807, 2.05) is 11.9 Å². The Morgan fingerprint density at radius 1 is 1.40 bits per heavy atom. The van der Waals surface area contributed by atoms with E-state index in [4.69, 9.17) is 0 Å². The number of hydrogen-bond donors (Lipinski definition) is 1. The average molecular weight is 212 g/mol. The summed E-state index contributed by atoms with van der Waals surface area (Å²) in [6, 6.07) is 0.610. The van der Waals surface area contributed by atoms with Crippen molar-refractivity contribution >= 4 is 5.91 Å². The number of carbonyl (C=O) groups excluding carboxylic acids is 1. The van der Waals surface area contributed by atoms with Crippen molar-refractivity contribution in [3.05, 3.63) is 0 Å². The summed E-state index contributed by atoms with van der Waals surface area (Å²) in [5, 5.41) is 3.51. The third-order valence-corrected chi connectivity index (χ3v) is 3.14. The van der Waals surface area contributed by atoms with Crippen molar-refractivity contribution in [2.75, 3.05) is 13.6 Å². The Bertz CT molecular complexity index is 200. The first-order chi connectivity index (χ1) is 7.19. The topological polar surface area (TPSA) is 32.3 Å². The molecule has 0 spiro atoms. The van der Waals surface area contributed by atoms with Gasteiger partial charge in [-0.15, -0.1) is 0 Å². The molecule has 0 aromatic rings. The number of rotatable bonds is 6. The van der Waals surface area contributed by atoms with Gasteiger partial charge in [0.25, 0.3) is 0 Å². The van der Waals surface area contributed by atoms with Gasteiger partial charge < -0.3 is 10.2 Å². The fourth-order valence-electron chi connectivity index (χ4n) is 2.27. The zero-order chi connectivity index (χ0) is 11.3. The number of nitrogens with one attached hydrogen (secondary N) is 1. The third-order valence-electron chi connectivity index (χ3n) is 3.14. The fourth-order valence-corrected chi connectivity index (χ4v) is 2.27. The maximum absolute atomic E-state index is 11.7. The summed E-state index contributed by atoms with van der Waals surface area (Å²) < 4.78 is 0. The minimum atomic E-state index is 0.0816. The number of amides is 1. The molecule has 1 N–H and O–H groups in total. The van der Waals surface area contributed by atoms with E-state index in [2.05, 4.69) is 19.2 Å². The normalized spacial score (nSPS) is 21.7. The molecule has 3 heteroatoms. The molecule has 88 valence electrons. The lowest BCUT2D eigenvalue weighted by Crippen LogP contribution is -2.43. The second-order valence-corrected chi connectivity index (χ2v) is 4.54. The Labute approximate surface area is 93.2 Å². The van der Waals surface area contributed by atoms with Crippen LogP contribution in [0.15, 0.2) is 0 Å². The van der Waals surface area contributed by atoms with Gasteiger partial charge in [0.15, 0.2) is 0 Å². The van der Waals surface area contributed by atoms with Crippen molar-refractivity contribution in [1.29, 1.82) is 0 Å². The third kappa shape index (κ3) is 3.49. The SMILES string of the molecule is CCCC(CCC)NC1CCN(C)C1=O. The molecule has 1 aliphatic heterocycles.